The molecule has 25 heavy (non-hydrogen) atoms. The van der Waals surface area contributed by atoms with E-state index < -0.39 is 0 Å². The number of rotatable bonds is 9. The van der Waals surface area contributed by atoms with Crippen LogP contribution in [0.5, 0.6) is 5.75 Å². The fraction of sp³-hybridized carbons (Fsp3) is 0.421. The molecule has 0 spiro atoms. The Morgan fingerprint density at radius 3 is 2.60 bits per heavy atom. The third-order valence-electron chi connectivity index (χ3n) is 3.88. The second-order valence-electron chi connectivity index (χ2n) is 6.12. The highest BCUT2D eigenvalue weighted by Gasteiger charge is 2.05. The van der Waals surface area contributed by atoms with E-state index in [-0.39, 0.29) is 11.3 Å². The Morgan fingerprint density at radius 2 is 1.92 bits per heavy atom. The standard InChI is InChI=1S/C19H26N4O2/c1-3-4-5-6-7-8-17(15-9-11-16(24)12-10-15)22-23-19-20-14(2)13-18(25)21-19/h9-13,24H,3-8H2,1-2H3,(H2,20,21,23,25)/b22-17-. The Labute approximate surface area is 148 Å². The van der Waals surface area contributed by atoms with Crippen molar-refractivity contribution in [3.8, 4) is 5.75 Å². The zero-order valence-corrected chi connectivity index (χ0v) is 14.9. The quantitative estimate of drug-likeness (QED) is 0.365. The number of H-pyrrole nitrogens is 1. The Balaban J connectivity index is 2.11. The monoisotopic (exact) mass is 342 g/mol. The molecule has 1 aromatic heterocycles. The van der Waals surface area contributed by atoms with E-state index >= 15 is 0 Å². The molecule has 0 aliphatic rings. The Kier molecular flexibility index (Phi) is 7.19. The van der Waals surface area contributed by atoms with E-state index in [1.807, 2.05) is 12.1 Å². The fourth-order valence-corrected chi connectivity index (χ4v) is 2.57. The van der Waals surface area contributed by atoms with Gasteiger partial charge in [0.05, 0.1) is 5.71 Å². The molecular weight excluding hydrogens is 316 g/mol. The zero-order valence-electron chi connectivity index (χ0n) is 14.9. The molecule has 6 nitrogen and oxygen atoms in total. The highest BCUT2D eigenvalue weighted by atomic mass is 16.3. The van der Waals surface area contributed by atoms with Crippen LogP contribution in [0.25, 0.3) is 0 Å². The summed E-state index contributed by atoms with van der Waals surface area (Å²) in [5.74, 6) is 0.552. The molecule has 0 amide bonds. The molecule has 0 atom stereocenters. The van der Waals surface area contributed by atoms with Gasteiger partial charge in [0.25, 0.3) is 5.56 Å². The van der Waals surface area contributed by atoms with Crippen LogP contribution in [-0.2, 0) is 0 Å². The van der Waals surface area contributed by atoms with Crippen molar-refractivity contribution >= 4 is 11.7 Å². The van der Waals surface area contributed by atoms with Crippen LogP contribution in [0.1, 0.15) is 56.7 Å². The van der Waals surface area contributed by atoms with Gasteiger partial charge in [0.1, 0.15) is 5.75 Å². The van der Waals surface area contributed by atoms with Gasteiger partial charge < -0.3 is 5.11 Å². The van der Waals surface area contributed by atoms with Crippen LogP contribution < -0.4 is 11.0 Å². The topological polar surface area (TPSA) is 90.4 Å². The molecule has 0 unspecified atom stereocenters. The van der Waals surface area contributed by atoms with Crippen LogP contribution in [0.15, 0.2) is 40.2 Å². The van der Waals surface area contributed by atoms with Gasteiger partial charge in [-0.25, -0.2) is 10.4 Å². The van der Waals surface area contributed by atoms with E-state index in [1.54, 1.807) is 19.1 Å². The van der Waals surface area contributed by atoms with Crippen LogP contribution in [-0.4, -0.2) is 20.8 Å². The number of hydrogen-bond donors (Lipinski definition) is 3. The number of phenols is 1. The van der Waals surface area contributed by atoms with E-state index in [0.29, 0.717) is 11.6 Å². The van der Waals surface area contributed by atoms with Crippen LogP contribution >= 0.6 is 0 Å². The lowest BCUT2D eigenvalue weighted by Gasteiger charge is -2.08. The minimum Gasteiger partial charge on any atom is -0.508 e. The molecule has 0 bridgehead atoms. The zero-order chi connectivity index (χ0) is 18.1. The number of aromatic nitrogens is 2. The minimum atomic E-state index is -0.212. The first kappa shape index (κ1) is 18.7. The number of hydrazone groups is 1. The number of nitrogens with one attached hydrogen (secondary N) is 2. The fourth-order valence-electron chi connectivity index (χ4n) is 2.57. The van der Waals surface area contributed by atoms with Gasteiger partial charge in [-0.15, -0.1) is 0 Å². The number of benzene rings is 1. The van der Waals surface area contributed by atoms with E-state index in [4.69, 9.17) is 0 Å². The Hall–Kier alpha value is -2.63. The summed E-state index contributed by atoms with van der Waals surface area (Å²) in [5.41, 5.74) is 5.09. The molecule has 0 aliphatic carbocycles. The van der Waals surface area contributed by atoms with Crippen molar-refractivity contribution in [1.29, 1.82) is 0 Å². The first-order valence-electron chi connectivity index (χ1n) is 8.78. The molecule has 0 aliphatic heterocycles. The normalized spacial score (nSPS) is 11.5. The Morgan fingerprint density at radius 1 is 1.20 bits per heavy atom. The average Bonchev–Trinajstić information content (AvgIpc) is 2.57. The van der Waals surface area contributed by atoms with E-state index in [2.05, 4.69) is 27.4 Å². The lowest BCUT2D eigenvalue weighted by molar-refractivity contribution is 0.475. The second kappa shape index (κ2) is 9.61. The number of anilines is 1. The SMILES string of the molecule is CCCCCCC/C(=N/Nc1nc(C)cc(=O)[nH]1)c1ccc(O)cc1. The molecule has 1 aromatic carbocycles. The number of hydrogen-bond acceptors (Lipinski definition) is 5. The molecule has 0 saturated carbocycles. The van der Waals surface area contributed by atoms with Gasteiger partial charge in [0, 0.05) is 11.8 Å². The predicted molar refractivity (Wildman–Crippen MR) is 101 cm³/mol. The van der Waals surface area contributed by atoms with Gasteiger partial charge in [-0.3, -0.25) is 9.78 Å². The molecule has 134 valence electrons. The summed E-state index contributed by atoms with van der Waals surface area (Å²) < 4.78 is 0. The van der Waals surface area contributed by atoms with Gasteiger partial charge >= 0.3 is 0 Å². The summed E-state index contributed by atoms with van der Waals surface area (Å²) in [6.07, 6.45) is 6.70. The molecule has 2 aromatic rings. The van der Waals surface area contributed by atoms with Crippen molar-refractivity contribution < 1.29 is 5.11 Å². The van der Waals surface area contributed by atoms with Gasteiger partial charge in [-0.1, -0.05) is 32.6 Å². The second-order valence-corrected chi connectivity index (χ2v) is 6.12. The van der Waals surface area contributed by atoms with Crippen molar-refractivity contribution in [2.45, 2.75) is 52.4 Å². The van der Waals surface area contributed by atoms with Crippen LogP contribution in [0.3, 0.4) is 0 Å². The van der Waals surface area contributed by atoms with E-state index in [9.17, 15) is 9.90 Å². The molecule has 0 fully saturated rings. The summed E-state index contributed by atoms with van der Waals surface area (Å²) in [6.45, 7) is 3.96. The molecule has 0 saturated heterocycles. The smallest absolute Gasteiger partial charge is 0.252 e. The predicted octanol–water partition coefficient (Wildman–Crippen LogP) is 3.96. The van der Waals surface area contributed by atoms with Crippen molar-refractivity contribution in [3.05, 3.63) is 51.9 Å². The summed E-state index contributed by atoms with van der Waals surface area (Å²) in [4.78, 5) is 18.4. The maximum absolute atomic E-state index is 11.5. The van der Waals surface area contributed by atoms with Crippen molar-refractivity contribution in [3.63, 3.8) is 0 Å². The van der Waals surface area contributed by atoms with Crippen molar-refractivity contribution in [2.75, 3.05) is 5.43 Å². The number of aromatic amines is 1. The molecule has 1 heterocycles. The average molecular weight is 342 g/mol. The number of unbranched alkanes of at least 4 members (excludes halogenated alkanes) is 4. The van der Waals surface area contributed by atoms with Gasteiger partial charge in [0.15, 0.2) is 0 Å². The maximum atomic E-state index is 11.5. The van der Waals surface area contributed by atoms with Crippen molar-refractivity contribution in [2.24, 2.45) is 5.10 Å². The highest BCUT2D eigenvalue weighted by molar-refractivity contribution is 6.00. The third-order valence-corrected chi connectivity index (χ3v) is 3.88. The summed E-state index contributed by atoms with van der Waals surface area (Å²) in [5, 5.41) is 13.9. The van der Waals surface area contributed by atoms with E-state index in [1.165, 1.54) is 25.3 Å². The van der Waals surface area contributed by atoms with Gasteiger partial charge in [0.2, 0.25) is 5.95 Å². The highest BCUT2D eigenvalue weighted by Crippen LogP contribution is 2.15. The number of aromatic hydroxyl groups is 1. The van der Waals surface area contributed by atoms with Crippen LogP contribution in [0.2, 0.25) is 0 Å². The van der Waals surface area contributed by atoms with Gasteiger partial charge in [-0.05, 0) is 49.6 Å². The molecule has 2 rings (SSSR count). The largest absolute Gasteiger partial charge is 0.508 e. The van der Waals surface area contributed by atoms with Crippen molar-refractivity contribution in [1.82, 2.24) is 9.97 Å². The minimum absolute atomic E-state index is 0.212. The third kappa shape index (κ3) is 6.41. The number of nitrogens with zero attached hydrogens (tertiary/aromatic N) is 2. The molecule has 0 radical (unpaired) electrons. The molecular formula is C19H26N4O2. The first-order valence-corrected chi connectivity index (χ1v) is 8.78. The maximum Gasteiger partial charge on any atom is 0.252 e. The summed E-state index contributed by atoms with van der Waals surface area (Å²) >= 11 is 0. The number of phenolic OH excluding ortho intramolecular Hbond substituents is 1. The summed E-state index contributed by atoms with van der Waals surface area (Å²) in [7, 11) is 0. The van der Waals surface area contributed by atoms with Crippen LogP contribution in [0.4, 0.5) is 5.95 Å². The molecule has 6 heteroatoms. The van der Waals surface area contributed by atoms with Crippen LogP contribution in [0, 0.1) is 6.92 Å². The lowest BCUT2D eigenvalue weighted by Crippen LogP contribution is -2.12. The van der Waals surface area contributed by atoms with E-state index in [0.717, 1.165) is 30.5 Å². The Bertz CT molecular complexity index is 751. The molecule has 3 N–H and O–H groups in total. The number of aryl methyl sites for hydroxylation is 1. The summed E-state index contributed by atoms with van der Waals surface area (Å²) in [6, 6.07) is 8.41. The van der Waals surface area contributed by atoms with Gasteiger partial charge in [-0.2, -0.15) is 5.10 Å². The lowest BCUT2D eigenvalue weighted by atomic mass is 10.0. The first-order chi connectivity index (χ1) is 12.1.